The third-order valence-corrected chi connectivity index (χ3v) is 4.62. The Morgan fingerprint density at radius 3 is 2.79 bits per heavy atom. The zero-order chi connectivity index (χ0) is 13.9. The first-order chi connectivity index (χ1) is 8.99. The summed E-state index contributed by atoms with van der Waals surface area (Å²) >= 11 is 5.73. The molecule has 1 aromatic rings. The molecule has 1 aliphatic carbocycles. The van der Waals surface area contributed by atoms with Crippen molar-refractivity contribution in [3.63, 3.8) is 0 Å². The van der Waals surface area contributed by atoms with E-state index in [9.17, 15) is 8.42 Å². The van der Waals surface area contributed by atoms with Gasteiger partial charge in [0, 0.05) is 18.2 Å². The second kappa shape index (κ2) is 6.09. The van der Waals surface area contributed by atoms with Crippen molar-refractivity contribution < 1.29 is 13.2 Å². The van der Waals surface area contributed by atoms with Gasteiger partial charge in [-0.2, -0.15) is 0 Å². The molecule has 1 fully saturated rings. The van der Waals surface area contributed by atoms with E-state index < -0.39 is 10.0 Å². The van der Waals surface area contributed by atoms with E-state index >= 15 is 0 Å². The van der Waals surface area contributed by atoms with Gasteiger partial charge in [-0.15, -0.1) is 0 Å². The van der Waals surface area contributed by atoms with E-state index in [1.807, 2.05) is 0 Å². The number of nitrogens with two attached hydrogens (primary N) is 1. The third kappa shape index (κ3) is 4.35. The van der Waals surface area contributed by atoms with Crippen LogP contribution in [0.5, 0.6) is 0 Å². The highest BCUT2D eigenvalue weighted by Crippen LogP contribution is 2.28. The first-order valence-corrected chi connectivity index (χ1v) is 7.97. The molecular weight excluding hydrogens is 288 g/mol. The first kappa shape index (κ1) is 14.6. The second-order valence-corrected chi connectivity index (χ2v) is 6.77. The average molecular weight is 305 g/mol. The number of ether oxygens (including phenoxy) is 1. The summed E-state index contributed by atoms with van der Waals surface area (Å²) in [5, 5.41) is 0.407. The lowest BCUT2D eigenvalue weighted by Gasteiger charge is -2.09. The number of hydrogen-bond acceptors (Lipinski definition) is 4. The van der Waals surface area contributed by atoms with Crippen LogP contribution in [-0.2, 0) is 14.8 Å². The van der Waals surface area contributed by atoms with Gasteiger partial charge in [0.05, 0.1) is 12.3 Å². The smallest absolute Gasteiger partial charge is 0.242 e. The number of hydrogen-bond donors (Lipinski definition) is 2. The summed E-state index contributed by atoms with van der Waals surface area (Å²) in [6, 6.07) is 4.31. The highest BCUT2D eigenvalue weighted by atomic mass is 35.5. The molecule has 0 amide bonds. The molecule has 19 heavy (non-hydrogen) atoms. The van der Waals surface area contributed by atoms with Gasteiger partial charge < -0.3 is 10.5 Å². The number of anilines is 1. The van der Waals surface area contributed by atoms with Crippen molar-refractivity contribution in [2.45, 2.75) is 17.7 Å². The van der Waals surface area contributed by atoms with Crippen LogP contribution < -0.4 is 10.5 Å². The minimum atomic E-state index is -3.61. The van der Waals surface area contributed by atoms with E-state index in [1.54, 1.807) is 0 Å². The maximum atomic E-state index is 12.0. The van der Waals surface area contributed by atoms with Crippen LogP contribution in [0.3, 0.4) is 0 Å². The number of benzene rings is 1. The van der Waals surface area contributed by atoms with Crippen molar-refractivity contribution in [2.24, 2.45) is 5.92 Å². The first-order valence-electron chi connectivity index (χ1n) is 6.11. The standard InChI is InChI=1S/C12H17ClN2O3S/c13-10-3-4-12(11(14)7-10)19(16,17)15-5-6-18-8-9-1-2-9/h3-4,7,9,15H,1-2,5-6,8,14H2. The van der Waals surface area contributed by atoms with Gasteiger partial charge in [0.25, 0.3) is 0 Å². The van der Waals surface area contributed by atoms with Crippen LogP contribution in [0.4, 0.5) is 5.69 Å². The van der Waals surface area contributed by atoms with E-state index in [-0.39, 0.29) is 17.1 Å². The van der Waals surface area contributed by atoms with E-state index in [0.29, 0.717) is 24.2 Å². The van der Waals surface area contributed by atoms with Crippen LogP contribution in [0.2, 0.25) is 5.02 Å². The van der Waals surface area contributed by atoms with Gasteiger partial charge >= 0.3 is 0 Å². The maximum Gasteiger partial charge on any atom is 0.242 e. The number of halogens is 1. The molecule has 0 radical (unpaired) electrons. The quantitative estimate of drug-likeness (QED) is 0.592. The monoisotopic (exact) mass is 304 g/mol. The van der Waals surface area contributed by atoms with Crippen LogP contribution in [-0.4, -0.2) is 28.2 Å². The summed E-state index contributed by atoms with van der Waals surface area (Å²) in [5.74, 6) is 0.670. The van der Waals surface area contributed by atoms with Crippen molar-refractivity contribution in [3.05, 3.63) is 23.2 Å². The summed E-state index contributed by atoms with van der Waals surface area (Å²) < 4.78 is 31.8. The Morgan fingerprint density at radius 2 is 2.16 bits per heavy atom. The van der Waals surface area contributed by atoms with Gasteiger partial charge in [0.2, 0.25) is 10.0 Å². The number of nitrogen functional groups attached to an aromatic ring is 1. The molecule has 0 heterocycles. The fourth-order valence-electron chi connectivity index (χ4n) is 1.62. The Balaban J connectivity index is 1.86. The van der Waals surface area contributed by atoms with E-state index in [1.165, 1.54) is 31.0 Å². The zero-order valence-corrected chi connectivity index (χ0v) is 12.0. The Morgan fingerprint density at radius 1 is 1.42 bits per heavy atom. The van der Waals surface area contributed by atoms with Gasteiger partial charge in [-0.05, 0) is 37.0 Å². The van der Waals surface area contributed by atoms with Gasteiger partial charge in [0.1, 0.15) is 4.90 Å². The molecule has 5 nitrogen and oxygen atoms in total. The van der Waals surface area contributed by atoms with Crippen LogP contribution >= 0.6 is 11.6 Å². The molecule has 7 heteroatoms. The SMILES string of the molecule is Nc1cc(Cl)ccc1S(=O)(=O)NCCOCC1CC1. The van der Waals surface area contributed by atoms with E-state index in [2.05, 4.69) is 4.72 Å². The van der Waals surface area contributed by atoms with Gasteiger partial charge in [-0.25, -0.2) is 13.1 Å². The molecule has 106 valence electrons. The molecule has 0 aromatic heterocycles. The molecule has 1 aromatic carbocycles. The largest absolute Gasteiger partial charge is 0.398 e. The molecule has 0 unspecified atom stereocenters. The predicted molar refractivity (Wildman–Crippen MR) is 74.6 cm³/mol. The molecule has 1 aliphatic rings. The topological polar surface area (TPSA) is 81.4 Å². The summed E-state index contributed by atoms with van der Waals surface area (Å²) in [5.41, 5.74) is 5.79. The Hall–Kier alpha value is -0.820. The summed E-state index contributed by atoms with van der Waals surface area (Å²) in [7, 11) is -3.61. The summed E-state index contributed by atoms with van der Waals surface area (Å²) in [6.07, 6.45) is 2.43. The molecule has 2 rings (SSSR count). The lowest BCUT2D eigenvalue weighted by atomic mass is 10.3. The fourth-order valence-corrected chi connectivity index (χ4v) is 2.93. The van der Waals surface area contributed by atoms with Crippen molar-refractivity contribution in [1.29, 1.82) is 0 Å². The fraction of sp³-hybridized carbons (Fsp3) is 0.500. The molecular formula is C12H17ClN2O3S. The Labute approximate surface area is 118 Å². The average Bonchev–Trinajstić information content (AvgIpc) is 3.11. The van der Waals surface area contributed by atoms with Crippen molar-refractivity contribution in [3.8, 4) is 0 Å². The lowest BCUT2D eigenvalue weighted by molar-refractivity contribution is 0.129. The van der Waals surface area contributed by atoms with Crippen molar-refractivity contribution in [1.82, 2.24) is 4.72 Å². The second-order valence-electron chi connectivity index (χ2n) is 4.60. The molecule has 0 bridgehead atoms. The summed E-state index contributed by atoms with van der Waals surface area (Å²) in [4.78, 5) is 0.0408. The maximum absolute atomic E-state index is 12.0. The van der Waals surface area contributed by atoms with Gasteiger partial charge in [-0.1, -0.05) is 11.6 Å². The van der Waals surface area contributed by atoms with E-state index in [0.717, 1.165) is 0 Å². The molecule has 0 spiro atoms. The van der Waals surface area contributed by atoms with Crippen molar-refractivity contribution in [2.75, 3.05) is 25.5 Å². The lowest BCUT2D eigenvalue weighted by Crippen LogP contribution is -2.28. The highest BCUT2D eigenvalue weighted by Gasteiger charge is 2.21. The molecule has 0 aliphatic heterocycles. The minimum absolute atomic E-state index is 0.0408. The van der Waals surface area contributed by atoms with Gasteiger partial charge in [-0.3, -0.25) is 0 Å². The third-order valence-electron chi connectivity index (χ3n) is 2.85. The predicted octanol–water partition coefficient (Wildman–Crippen LogP) is 1.63. The highest BCUT2D eigenvalue weighted by molar-refractivity contribution is 7.89. The van der Waals surface area contributed by atoms with Gasteiger partial charge in [0.15, 0.2) is 0 Å². The van der Waals surface area contributed by atoms with Crippen molar-refractivity contribution >= 4 is 27.3 Å². The summed E-state index contributed by atoms with van der Waals surface area (Å²) in [6.45, 7) is 1.31. The Bertz CT molecular complexity index is 544. The van der Waals surface area contributed by atoms with Crippen LogP contribution in [0, 0.1) is 5.92 Å². The molecule has 0 saturated heterocycles. The zero-order valence-electron chi connectivity index (χ0n) is 10.4. The molecule has 1 saturated carbocycles. The van der Waals surface area contributed by atoms with Crippen LogP contribution in [0.1, 0.15) is 12.8 Å². The minimum Gasteiger partial charge on any atom is -0.398 e. The normalized spacial score (nSPS) is 15.6. The number of nitrogens with one attached hydrogen (secondary N) is 1. The Kier molecular flexibility index (Phi) is 4.67. The molecule has 3 N–H and O–H groups in total. The van der Waals surface area contributed by atoms with Crippen LogP contribution in [0.15, 0.2) is 23.1 Å². The molecule has 0 atom stereocenters. The number of rotatable bonds is 7. The van der Waals surface area contributed by atoms with Crippen LogP contribution in [0.25, 0.3) is 0 Å². The number of sulfonamides is 1. The van der Waals surface area contributed by atoms with E-state index in [4.69, 9.17) is 22.1 Å².